The van der Waals surface area contributed by atoms with Crippen LogP contribution in [0.4, 0.5) is 0 Å². The Labute approximate surface area is 372 Å². The molecule has 0 heterocycles. The first kappa shape index (κ1) is 58.7. The monoisotopic (exact) mass is 867 g/mol. The van der Waals surface area contributed by atoms with Crippen molar-refractivity contribution in [2.45, 2.75) is 244 Å². The maximum absolute atomic E-state index is 12.9. The third kappa shape index (κ3) is 44.8. The summed E-state index contributed by atoms with van der Waals surface area (Å²) in [5.74, 6) is -0.208. The maximum atomic E-state index is 12.9. The Morgan fingerprint density at radius 1 is 0.567 bits per heavy atom. The van der Waals surface area contributed by atoms with Gasteiger partial charge in [-0.05, 0) is 44.9 Å². The summed E-state index contributed by atoms with van der Waals surface area (Å²) in [6.45, 7) is 4.63. The van der Waals surface area contributed by atoms with Crippen molar-refractivity contribution < 1.29 is 32.9 Å². The number of rotatable bonds is 46. The van der Waals surface area contributed by atoms with Crippen LogP contribution in [0, 0.1) is 0 Å². The van der Waals surface area contributed by atoms with Crippen LogP contribution in [-0.4, -0.2) is 68.5 Å². The first-order chi connectivity index (χ1) is 29.0. The summed E-state index contributed by atoms with van der Waals surface area (Å²) >= 11 is 0. The molecule has 3 unspecified atom stereocenters. The molecule has 8 nitrogen and oxygen atoms in total. The Hall–Kier alpha value is -1.28. The number of allylic oxidation sites excluding steroid dienone is 5. The lowest BCUT2D eigenvalue weighted by Crippen LogP contribution is -2.45. The number of nitrogens with one attached hydrogen (secondary N) is 1. The molecule has 1 amide bonds. The number of quaternary nitrogens is 1. The van der Waals surface area contributed by atoms with Gasteiger partial charge in [-0.25, -0.2) is 0 Å². The molecule has 0 bridgehead atoms. The highest BCUT2D eigenvalue weighted by Gasteiger charge is 2.23. The second kappa shape index (κ2) is 43.0. The average Bonchev–Trinajstić information content (AvgIpc) is 3.20. The van der Waals surface area contributed by atoms with E-state index in [-0.39, 0.29) is 12.5 Å². The molecule has 3 atom stereocenters. The Balaban J connectivity index is 4.32. The highest BCUT2D eigenvalue weighted by Crippen LogP contribution is 2.38. The third-order valence-electron chi connectivity index (χ3n) is 11.3. The van der Waals surface area contributed by atoms with Crippen LogP contribution in [0.3, 0.4) is 0 Å². The average molecular weight is 867 g/mol. The van der Waals surface area contributed by atoms with Crippen molar-refractivity contribution >= 4 is 13.7 Å². The van der Waals surface area contributed by atoms with E-state index in [4.69, 9.17) is 9.05 Å². The lowest BCUT2D eigenvalue weighted by atomic mass is 10.0. The van der Waals surface area contributed by atoms with Crippen molar-refractivity contribution in [2.24, 2.45) is 0 Å². The van der Waals surface area contributed by atoms with Crippen molar-refractivity contribution in [1.82, 2.24) is 5.32 Å². The molecule has 0 rings (SSSR count). The highest BCUT2D eigenvalue weighted by atomic mass is 31.2. The molecule has 354 valence electrons. The van der Waals surface area contributed by atoms with Gasteiger partial charge in [0.05, 0.1) is 39.9 Å². The number of amides is 1. The number of carbonyl (C=O) groups excluding carboxylic acids is 1. The zero-order chi connectivity index (χ0) is 44.3. The number of nitrogens with zero attached hydrogens (tertiary/aromatic N) is 1. The minimum atomic E-state index is -4.60. The van der Waals surface area contributed by atoms with Crippen LogP contribution in [0.15, 0.2) is 36.5 Å². The summed E-state index contributed by atoms with van der Waals surface area (Å²) in [7, 11) is 1.24. The van der Waals surface area contributed by atoms with Crippen LogP contribution in [0.2, 0.25) is 0 Å². The summed E-state index contributed by atoms with van der Waals surface area (Å²) in [5, 5.41) is 13.8. The predicted octanol–water partition coefficient (Wildman–Crippen LogP) is 14.0. The maximum Gasteiger partial charge on any atom is 0.268 e. The van der Waals surface area contributed by atoms with Gasteiger partial charge in [0.1, 0.15) is 13.2 Å². The molecule has 0 aliphatic carbocycles. The fraction of sp³-hybridized carbons (Fsp3) is 0.863. The number of aliphatic hydroxyl groups excluding tert-OH is 1. The molecule has 0 spiro atoms. The zero-order valence-corrected chi connectivity index (χ0v) is 41.1. The van der Waals surface area contributed by atoms with Crippen LogP contribution in [0.1, 0.15) is 232 Å². The lowest BCUT2D eigenvalue weighted by molar-refractivity contribution is -0.870. The third-order valence-corrected chi connectivity index (χ3v) is 12.3. The topological polar surface area (TPSA) is 108 Å². The molecular weight excluding hydrogens is 768 g/mol. The second-order valence-electron chi connectivity index (χ2n) is 18.5. The fourth-order valence-electron chi connectivity index (χ4n) is 7.30. The number of phosphoric acid groups is 1. The molecule has 0 saturated heterocycles. The normalized spacial score (nSPS) is 14.4. The number of aliphatic hydroxyl groups is 1. The summed E-state index contributed by atoms with van der Waals surface area (Å²) in [4.78, 5) is 25.4. The molecular formula is C51H99N2O6P. The van der Waals surface area contributed by atoms with Crippen LogP contribution in [-0.2, 0) is 18.4 Å². The second-order valence-corrected chi connectivity index (χ2v) is 19.9. The minimum Gasteiger partial charge on any atom is -0.756 e. The van der Waals surface area contributed by atoms with Crippen LogP contribution < -0.4 is 10.2 Å². The zero-order valence-electron chi connectivity index (χ0n) is 40.2. The Morgan fingerprint density at radius 3 is 1.35 bits per heavy atom. The molecule has 0 aliphatic rings. The van der Waals surface area contributed by atoms with Gasteiger partial charge >= 0.3 is 0 Å². The first-order valence-electron chi connectivity index (χ1n) is 25.4. The largest absolute Gasteiger partial charge is 0.756 e. The van der Waals surface area contributed by atoms with Crippen LogP contribution in [0.25, 0.3) is 0 Å². The molecule has 0 aliphatic heterocycles. The van der Waals surface area contributed by atoms with E-state index in [0.717, 1.165) is 44.9 Å². The quantitative estimate of drug-likeness (QED) is 0.0273. The molecule has 9 heteroatoms. The van der Waals surface area contributed by atoms with Crippen LogP contribution in [0.5, 0.6) is 0 Å². The van der Waals surface area contributed by atoms with Crippen molar-refractivity contribution in [3.05, 3.63) is 36.5 Å². The lowest BCUT2D eigenvalue weighted by Gasteiger charge is -2.29. The van der Waals surface area contributed by atoms with E-state index in [1.54, 1.807) is 6.08 Å². The molecule has 0 radical (unpaired) electrons. The Bertz CT molecular complexity index is 1070. The molecule has 0 saturated carbocycles. The number of carbonyl (C=O) groups is 1. The summed E-state index contributed by atoms with van der Waals surface area (Å²) in [6, 6.07) is -0.906. The van der Waals surface area contributed by atoms with Crippen molar-refractivity contribution in [2.75, 3.05) is 40.9 Å². The fourth-order valence-corrected chi connectivity index (χ4v) is 8.03. The van der Waals surface area contributed by atoms with Crippen molar-refractivity contribution in [3.63, 3.8) is 0 Å². The molecule has 0 fully saturated rings. The number of hydrogen-bond acceptors (Lipinski definition) is 6. The number of unbranched alkanes of at least 4 members (excludes halogenated alkanes) is 29. The van der Waals surface area contributed by atoms with E-state index in [0.29, 0.717) is 17.4 Å². The van der Waals surface area contributed by atoms with E-state index >= 15 is 0 Å². The Morgan fingerprint density at radius 2 is 0.933 bits per heavy atom. The standard InChI is InChI=1S/C51H99N2O6P/c1-6-8-10-12-14-16-18-20-22-24-25-26-27-28-29-31-33-35-37-39-41-43-45-51(55)52-49(48-59-60(56,57)58-47-46-53(3,4)5)50(54)44-42-40-38-36-34-32-30-23-21-19-17-15-13-11-9-7-2/h21,23,34,36,42,44,49-50,54H,6-20,22,24-33,35,37-41,43,45-48H2,1-5H3,(H-,52,55,56,57)/b23-21+,36-34+,44-42+. The molecule has 0 aromatic rings. The van der Waals surface area contributed by atoms with Crippen LogP contribution >= 0.6 is 7.82 Å². The van der Waals surface area contributed by atoms with Gasteiger partial charge in [-0.1, -0.05) is 217 Å². The van der Waals surface area contributed by atoms with Gasteiger partial charge in [0.15, 0.2) is 0 Å². The smallest absolute Gasteiger partial charge is 0.268 e. The summed E-state index contributed by atoms with van der Waals surface area (Å²) < 4.78 is 23.2. The van der Waals surface area contributed by atoms with Crippen molar-refractivity contribution in [3.8, 4) is 0 Å². The summed E-state index contributed by atoms with van der Waals surface area (Å²) in [6.07, 6.45) is 53.5. The SMILES string of the molecule is CCCCCCCC/C=C/CC/C=C/CC/C=C/C(O)C(COP(=O)([O-])OCC[N+](C)(C)C)NC(=O)CCCCCCCCCCCCCCCCCCCCCCCC. The minimum absolute atomic E-state index is 0.00767. The number of phosphoric ester groups is 1. The van der Waals surface area contributed by atoms with E-state index in [1.165, 1.54) is 167 Å². The van der Waals surface area contributed by atoms with Gasteiger partial charge in [-0.15, -0.1) is 0 Å². The van der Waals surface area contributed by atoms with Gasteiger partial charge in [0.2, 0.25) is 5.91 Å². The van der Waals surface area contributed by atoms with Gasteiger partial charge < -0.3 is 28.8 Å². The van der Waals surface area contributed by atoms with E-state index in [2.05, 4.69) is 43.5 Å². The van der Waals surface area contributed by atoms with E-state index < -0.39 is 26.6 Å². The first-order valence-corrected chi connectivity index (χ1v) is 26.8. The van der Waals surface area contributed by atoms with Crippen molar-refractivity contribution in [1.29, 1.82) is 0 Å². The van der Waals surface area contributed by atoms with Gasteiger partial charge in [0.25, 0.3) is 7.82 Å². The van der Waals surface area contributed by atoms with E-state index in [9.17, 15) is 19.4 Å². The molecule has 0 aromatic carbocycles. The number of likely N-dealkylation sites (N-methyl/N-ethyl adjacent to an activating group) is 1. The number of hydrogen-bond donors (Lipinski definition) is 2. The molecule has 60 heavy (non-hydrogen) atoms. The van der Waals surface area contributed by atoms with Gasteiger partial charge in [-0.2, -0.15) is 0 Å². The van der Waals surface area contributed by atoms with Gasteiger partial charge in [-0.3, -0.25) is 9.36 Å². The predicted molar refractivity (Wildman–Crippen MR) is 256 cm³/mol. The summed E-state index contributed by atoms with van der Waals surface area (Å²) in [5.41, 5.74) is 0. The molecule has 2 N–H and O–H groups in total. The van der Waals surface area contributed by atoms with Gasteiger partial charge in [0, 0.05) is 6.42 Å². The van der Waals surface area contributed by atoms with E-state index in [1.807, 2.05) is 27.2 Å². The molecule has 0 aromatic heterocycles. The Kier molecular flexibility index (Phi) is 42.1. The highest BCUT2D eigenvalue weighted by molar-refractivity contribution is 7.45.